The zero-order chi connectivity index (χ0) is 11.0. The van der Waals surface area contributed by atoms with Gasteiger partial charge in [-0.2, -0.15) is 0 Å². The lowest BCUT2D eigenvalue weighted by atomic mass is 10.2. The van der Waals surface area contributed by atoms with Gasteiger partial charge in [-0.3, -0.25) is 0 Å². The highest BCUT2D eigenvalue weighted by molar-refractivity contribution is 6.32. The molecular formula is C11H14ClN3. The third kappa shape index (κ3) is 1.62. The summed E-state index contributed by atoms with van der Waals surface area (Å²) < 4.78 is 2.09. The highest BCUT2D eigenvalue weighted by Gasteiger charge is 2.10. The van der Waals surface area contributed by atoms with Gasteiger partial charge in [0.2, 0.25) is 0 Å². The van der Waals surface area contributed by atoms with Crippen molar-refractivity contribution in [3.05, 3.63) is 28.5 Å². The first-order valence-corrected chi connectivity index (χ1v) is 5.28. The fourth-order valence-electron chi connectivity index (χ4n) is 1.83. The van der Waals surface area contributed by atoms with Crippen molar-refractivity contribution in [1.29, 1.82) is 0 Å². The van der Waals surface area contributed by atoms with Crippen LogP contribution < -0.4 is 5.32 Å². The van der Waals surface area contributed by atoms with Crippen molar-refractivity contribution in [1.82, 2.24) is 14.9 Å². The van der Waals surface area contributed by atoms with Crippen molar-refractivity contribution in [3.63, 3.8) is 0 Å². The number of benzene rings is 1. The normalized spacial score (nSPS) is 11.2. The van der Waals surface area contributed by atoms with Crippen LogP contribution in [0, 0.1) is 6.92 Å². The van der Waals surface area contributed by atoms with Crippen molar-refractivity contribution >= 4 is 22.6 Å². The molecule has 0 saturated carbocycles. The molecule has 1 aromatic carbocycles. The van der Waals surface area contributed by atoms with Gasteiger partial charge >= 0.3 is 0 Å². The minimum Gasteiger partial charge on any atom is -0.330 e. The summed E-state index contributed by atoms with van der Waals surface area (Å²) in [7, 11) is 3.94. The van der Waals surface area contributed by atoms with Crippen LogP contribution >= 0.6 is 11.6 Å². The topological polar surface area (TPSA) is 29.9 Å². The van der Waals surface area contributed by atoms with E-state index in [0.29, 0.717) is 0 Å². The Morgan fingerprint density at radius 3 is 2.87 bits per heavy atom. The highest BCUT2D eigenvalue weighted by atomic mass is 35.5. The van der Waals surface area contributed by atoms with E-state index in [1.807, 2.05) is 33.2 Å². The molecule has 1 heterocycles. The first-order valence-electron chi connectivity index (χ1n) is 4.90. The Kier molecular flexibility index (Phi) is 2.67. The second-order valence-corrected chi connectivity index (χ2v) is 4.06. The van der Waals surface area contributed by atoms with E-state index in [1.165, 1.54) is 0 Å². The summed E-state index contributed by atoms with van der Waals surface area (Å²) in [6.45, 7) is 2.79. The van der Waals surface area contributed by atoms with Crippen LogP contribution in [0.25, 0.3) is 11.0 Å². The summed E-state index contributed by atoms with van der Waals surface area (Å²) in [4.78, 5) is 4.55. The summed E-state index contributed by atoms with van der Waals surface area (Å²) in [5.74, 6) is 1.03. The van der Waals surface area contributed by atoms with Crippen molar-refractivity contribution in [2.75, 3.05) is 7.05 Å². The Morgan fingerprint density at radius 2 is 2.20 bits per heavy atom. The Balaban J connectivity index is 2.72. The molecule has 4 heteroatoms. The first-order chi connectivity index (χ1) is 7.15. The maximum atomic E-state index is 6.09. The molecule has 15 heavy (non-hydrogen) atoms. The molecule has 0 saturated heterocycles. The van der Waals surface area contributed by atoms with Crippen LogP contribution in [0.1, 0.15) is 11.4 Å². The molecule has 0 aliphatic rings. The molecule has 0 spiro atoms. The lowest BCUT2D eigenvalue weighted by Crippen LogP contribution is -2.10. The summed E-state index contributed by atoms with van der Waals surface area (Å²) in [5, 5.41) is 3.90. The van der Waals surface area contributed by atoms with E-state index in [9.17, 15) is 0 Å². The smallest absolute Gasteiger partial charge is 0.123 e. The van der Waals surface area contributed by atoms with Crippen LogP contribution in [0.4, 0.5) is 0 Å². The molecule has 2 rings (SSSR count). The van der Waals surface area contributed by atoms with Gasteiger partial charge in [0.1, 0.15) is 5.82 Å². The number of hydrogen-bond donors (Lipinski definition) is 1. The number of nitrogens with zero attached hydrogens (tertiary/aromatic N) is 2. The number of hydrogen-bond acceptors (Lipinski definition) is 2. The molecule has 0 aliphatic carbocycles. The van der Waals surface area contributed by atoms with E-state index >= 15 is 0 Å². The largest absolute Gasteiger partial charge is 0.330 e. The standard InChI is InChI=1S/C11H14ClN3/c1-7-8(12)4-5-9-11(7)15(3)10(14-9)6-13-2/h4-5,13H,6H2,1-3H3. The van der Waals surface area contributed by atoms with E-state index in [0.717, 1.165) is 34.0 Å². The van der Waals surface area contributed by atoms with Crippen molar-refractivity contribution in [2.45, 2.75) is 13.5 Å². The predicted molar refractivity (Wildman–Crippen MR) is 63.2 cm³/mol. The number of halogens is 1. The minimum absolute atomic E-state index is 0.766. The van der Waals surface area contributed by atoms with Crippen LogP contribution in [0.2, 0.25) is 5.02 Å². The molecular weight excluding hydrogens is 210 g/mol. The van der Waals surface area contributed by atoms with Gasteiger partial charge in [0, 0.05) is 12.1 Å². The number of aromatic nitrogens is 2. The highest BCUT2D eigenvalue weighted by Crippen LogP contribution is 2.25. The van der Waals surface area contributed by atoms with Gasteiger partial charge in [-0.05, 0) is 31.7 Å². The lowest BCUT2D eigenvalue weighted by molar-refractivity contribution is 0.718. The monoisotopic (exact) mass is 223 g/mol. The number of nitrogens with one attached hydrogen (secondary N) is 1. The maximum absolute atomic E-state index is 6.09. The van der Waals surface area contributed by atoms with Crippen molar-refractivity contribution < 1.29 is 0 Å². The Morgan fingerprint density at radius 1 is 1.47 bits per heavy atom. The molecule has 1 N–H and O–H groups in total. The summed E-state index contributed by atoms with van der Waals surface area (Å²) in [5.41, 5.74) is 3.21. The fraction of sp³-hybridized carbons (Fsp3) is 0.364. The molecule has 0 aliphatic heterocycles. The average molecular weight is 224 g/mol. The van der Waals surface area contributed by atoms with Crippen LogP contribution in [-0.2, 0) is 13.6 Å². The lowest BCUT2D eigenvalue weighted by Gasteiger charge is -2.04. The van der Waals surface area contributed by atoms with E-state index in [4.69, 9.17) is 11.6 Å². The van der Waals surface area contributed by atoms with Crippen molar-refractivity contribution in [3.8, 4) is 0 Å². The van der Waals surface area contributed by atoms with E-state index in [-0.39, 0.29) is 0 Å². The van der Waals surface area contributed by atoms with E-state index in [1.54, 1.807) is 0 Å². The molecule has 0 radical (unpaired) electrons. The average Bonchev–Trinajstić information content (AvgIpc) is 2.52. The molecule has 2 aromatic rings. The molecule has 0 bridgehead atoms. The fourth-order valence-corrected chi connectivity index (χ4v) is 1.99. The van der Waals surface area contributed by atoms with Crippen LogP contribution in [0.5, 0.6) is 0 Å². The molecule has 3 nitrogen and oxygen atoms in total. The maximum Gasteiger partial charge on any atom is 0.123 e. The number of aryl methyl sites for hydroxylation is 2. The van der Waals surface area contributed by atoms with Crippen molar-refractivity contribution in [2.24, 2.45) is 7.05 Å². The zero-order valence-electron chi connectivity index (χ0n) is 9.13. The van der Waals surface area contributed by atoms with Crippen LogP contribution in [0.3, 0.4) is 0 Å². The van der Waals surface area contributed by atoms with Crippen LogP contribution in [-0.4, -0.2) is 16.6 Å². The Labute approximate surface area is 94.1 Å². The number of rotatable bonds is 2. The van der Waals surface area contributed by atoms with Gasteiger partial charge in [0.15, 0.2) is 0 Å². The Hall–Kier alpha value is -1.06. The summed E-state index contributed by atoms with van der Waals surface area (Å²) >= 11 is 6.09. The molecule has 1 aromatic heterocycles. The predicted octanol–water partition coefficient (Wildman–Crippen LogP) is 2.25. The van der Waals surface area contributed by atoms with Gasteiger partial charge < -0.3 is 9.88 Å². The minimum atomic E-state index is 0.766. The van der Waals surface area contributed by atoms with Gasteiger partial charge in [-0.25, -0.2) is 4.98 Å². The van der Waals surface area contributed by atoms with Crippen LogP contribution in [0.15, 0.2) is 12.1 Å². The second kappa shape index (κ2) is 3.83. The summed E-state index contributed by atoms with van der Waals surface area (Å²) in [6.07, 6.45) is 0. The molecule has 0 amide bonds. The number of fused-ring (bicyclic) bond motifs is 1. The van der Waals surface area contributed by atoms with Gasteiger partial charge in [-0.15, -0.1) is 0 Å². The van der Waals surface area contributed by atoms with Gasteiger partial charge in [0.05, 0.1) is 17.6 Å². The van der Waals surface area contributed by atoms with E-state index in [2.05, 4.69) is 14.9 Å². The molecule has 80 valence electrons. The van der Waals surface area contributed by atoms with Gasteiger partial charge in [-0.1, -0.05) is 11.6 Å². The zero-order valence-corrected chi connectivity index (χ0v) is 9.89. The third-order valence-electron chi connectivity index (χ3n) is 2.65. The van der Waals surface area contributed by atoms with Gasteiger partial charge in [0.25, 0.3) is 0 Å². The second-order valence-electron chi connectivity index (χ2n) is 3.66. The quantitative estimate of drug-likeness (QED) is 0.847. The first kappa shape index (κ1) is 10.5. The molecule has 0 fully saturated rings. The number of imidazole rings is 1. The molecule has 0 unspecified atom stereocenters. The SMILES string of the molecule is CNCc1nc2ccc(Cl)c(C)c2n1C. The molecule has 0 atom stereocenters. The Bertz CT molecular complexity index is 502. The third-order valence-corrected chi connectivity index (χ3v) is 3.06. The van der Waals surface area contributed by atoms with E-state index < -0.39 is 0 Å². The summed E-state index contributed by atoms with van der Waals surface area (Å²) in [6, 6.07) is 3.86.